The van der Waals surface area contributed by atoms with Gasteiger partial charge in [-0.25, -0.2) is 4.39 Å². The summed E-state index contributed by atoms with van der Waals surface area (Å²) >= 11 is 0. The smallest absolute Gasteiger partial charge is 0.128 e. The molecule has 1 aromatic carbocycles. The van der Waals surface area contributed by atoms with Crippen LogP contribution in [0.15, 0.2) is 24.3 Å². The molecule has 1 aromatic rings. The molecule has 1 unspecified atom stereocenters. The van der Waals surface area contributed by atoms with Gasteiger partial charge in [0.15, 0.2) is 0 Å². The molecule has 13 heavy (non-hydrogen) atoms. The summed E-state index contributed by atoms with van der Waals surface area (Å²) in [4.78, 5) is 0. The van der Waals surface area contributed by atoms with Crippen LogP contribution in [0.3, 0.4) is 0 Å². The second kappa shape index (κ2) is 4.64. The Balaban J connectivity index is 2.72. The van der Waals surface area contributed by atoms with Crippen molar-refractivity contribution in [2.45, 2.75) is 18.9 Å². The molecule has 2 heteroatoms. The molecule has 0 saturated carbocycles. The number of aliphatic hydroxyl groups is 1. The van der Waals surface area contributed by atoms with Crippen LogP contribution in [0.1, 0.15) is 24.5 Å². The zero-order valence-electron chi connectivity index (χ0n) is 7.20. The fraction of sp³-hybridized carbons (Fsp3) is 0.273. The van der Waals surface area contributed by atoms with Crippen LogP contribution in [-0.2, 0) is 0 Å². The molecule has 0 fully saturated rings. The van der Waals surface area contributed by atoms with Gasteiger partial charge in [-0.15, -0.1) is 12.3 Å². The summed E-state index contributed by atoms with van der Waals surface area (Å²) in [6.07, 6.45) is 5.10. The Bertz CT molecular complexity index is 314. The molecule has 0 heterocycles. The molecule has 0 radical (unpaired) electrons. The molecule has 1 rings (SSSR count). The highest BCUT2D eigenvalue weighted by atomic mass is 19.1. The molecule has 1 nitrogen and oxygen atoms in total. The van der Waals surface area contributed by atoms with Gasteiger partial charge in [0.05, 0.1) is 6.10 Å². The van der Waals surface area contributed by atoms with E-state index in [0.29, 0.717) is 18.4 Å². The van der Waals surface area contributed by atoms with Crippen molar-refractivity contribution in [3.8, 4) is 12.3 Å². The molecule has 0 aromatic heterocycles. The Labute approximate surface area is 77.2 Å². The molecule has 0 spiro atoms. The molecule has 1 atom stereocenters. The first kappa shape index (κ1) is 9.76. The minimum absolute atomic E-state index is 0.317. The van der Waals surface area contributed by atoms with E-state index in [1.54, 1.807) is 18.2 Å². The van der Waals surface area contributed by atoms with E-state index >= 15 is 0 Å². The Hall–Kier alpha value is -1.33. The number of aliphatic hydroxyl groups excluding tert-OH is 1. The van der Waals surface area contributed by atoms with Crippen molar-refractivity contribution in [3.05, 3.63) is 35.6 Å². The number of rotatable bonds is 3. The Morgan fingerprint density at radius 2 is 2.15 bits per heavy atom. The van der Waals surface area contributed by atoms with E-state index in [9.17, 15) is 9.50 Å². The van der Waals surface area contributed by atoms with Gasteiger partial charge in [-0.1, -0.05) is 18.2 Å². The Morgan fingerprint density at radius 1 is 1.46 bits per heavy atom. The summed E-state index contributed by atoms with van der Waals surface area (Å²) in [7, 11) is 0. The van der Waals surface area contributed by atoms with Crippen LogP contribution in [0.5, 0.6) is 0 Å². The second-order valence-electron chi connectivity index (χ2n) is 2.78. The molecule has 0 aliphatic rings. The highest BCUT2D eigenvalue weighted by molar-refractivity contribution is 5.19. The van der Waals surface area contributed by atoms with Gasteiger partial charge in [0.25, 0.3) is 0 Å². The second-order valence-corrected chi connectivity index (χ2v) is 2.78. The quantitative estimate of drug-likeness (QED) is 0.704. The monoisotopic (exact) mass is 178 g/mol. The largest absolute Gasteiger partial charge is 0.388 e. The maximum absolute atomic E-state index is 13.1. The van der Waals surface area contributed by atoms with Gasteiger partial charge in [-0.3, -0.25) is 0 Å². The Morgan fingerprint density at radius 3 is 2.77 bits per heavy atom. The van der Waals surface area contributed by atoms with Crippen LogP contribution in [0.4, 0.5) is 4.39 Å². The standard InChI is InChI=1S/C11H11FO/c1-2-3-8-11(13)9-6-4-5-7-10(9)12/h1,4-7,11,13H,3,8H2. The summed E-state index contributed by atoms with van der Waals surface area (Å²) in [5.41, 5.74) is 0.317. The number of hydrogen-bond acceptors (Lipinski definition) is 1. The summed E-state index contributed by atoms with van der Waals surface area (Å²) in [6, 6.07) is 6.18. The molecule has 68 valence electrons. The SMILES string of the molecule is C#CCCC(O)c1ccccc1F. The zero-order valence-corrected chi connectivity index (χ0v) is 7.20. The van der Waals surface area contributed by atoms with Crippen LogP contribution in [0.2, 0.25) is 0 Å². The molecule has 0 bridgehead atoms. The third kappa shape index (κ3) is 2.57. The van der Waals surface area contributed by atoms with Crippen LogP contribution in [0.25, 0.3) is 0 Å². The van der Waals surface area contributed by atoms with E-state index in [-0.39, 0.29) is 5.82 Å². The molecule has 0 aliphatic heterocycles. The fourth-order valence-electron chi connectivity index (χ4n) is 1.12. The van der Waals surface area contributed by atoms with Crippen molar-refractivity contribution in [2.75, 3.05) is 0 Å². The predicted octanol–water partition coefficient (Wildman–Crippen LogP) is 2.27. The number of benzene rings is 1. The van der Waals surface area contributed by atoms with Gasteiger partial charge in [0.2, 0.25) is 0 Å². The Kier molecular flexibility index (Phi) is 3.48. The molecule has 1 N–H and O–H groups in total. The highest BCUT2D eigenvalue weighted by Crippen LogP contribution is 2.20. The van der Waals surface area contributed by atoms with E-state index in [2.05, 4.69) is 5.92 Å². The van der Waals surface area contributed by atoms with E-state index in [1.165, 1.54) is 6.07 Å². The summed E-state index contributed by atoms with van der Waals surface area (Å²) in [6.45, 7) is 0. The molecular weight excluding hydrogens is 167 g/mol. The van der Waals surface area contributed by atoms with Crippen molar-refractivity contribution in [1.82, 2.24) is 0 Å². The first-order valence-electron chi connectivity index (χ1n) is 4.11. The zero-order chi connectivity index (χ0) is 9.68. The average Bonchev–Trinajstić information content (AvgIpc) is 2.15. The third-order valence-corrected chi connectivity index (χ3v) is 1.83. The van der Waals surface area contributed by atoms with E-state index < -0.39 is 6.10 Å². The van der Waals surface area contributed by atoms with Crippen LogP contribution < -0.4 is 0 Å². The first-order valence-corrected chi connectivity index (χ1v) is 4.11. The molecule has 0 amide bonds. The van der Waals surface area contributed by atoms with Gasteiger partial charge in [-0.05, 0) is 12.5 Å². The summed E-state index contributed by atoms with van der Waals surface area (Å²) < 4.78 is 13.1. The van der Waals surface area contributed by atoms with Gasteiger partial charge in [-0.2, -0.15) is 0 Å². The number of hydrogen-bond donors (Lipinski definition) is 1. The van der Waals surface area contributed by atoms with Crippen LogP contribution >= 0.6 is 0 Å². The van der Waals surface area contributed by atoms with Gasteiger partial charge >= 0.3 is 0 Å². The van der Waals surface area contributed by atoms with Crippen molar-refractivity contribution >= 4 is 0 Å². The van der Waals surface area contributed by atoms with Crippen LogP contribution in [0, 0.1) is 18.2 Å². The third-order valence-electron chi connectivity index (χ3n) is 1.83. The van der Waals surface area contributed by atoms with Gasteiger partial charge in [0, 0.05) is 12.0 Å². The predicted molar refractivity (Wildman–Crippen MR) is 49.4 cm³/mol. The maximum atomic E-state index is 13.1. The lowest BCUT2D eigenvalue weighted by Gasteiger charge is -2.09. The topological polar surface area (TPSA) is 20.2 Å². The highest BCUT2D eigenvalue weighted by Gasteiger charge is 2.10. The lowest BCUT2D eigenvalue weighted by molar-refractivity contribution is 0.165. The van der Waals surface area contributed by atoms with Crippen molar-refractivity contribution in [2.24, 2.45) is 0 Å². The number of terminal acetylenes is 1. The summed E-state index contributed by atoms with van der Waals surface area (Å²) in [5, 5.41) is 9.50. The summed E-state index contributed by atoms with van der Waals surface area (Å²) in [5.74, 6) is 2.02. The minimum Gasteiger partial charge on any atom is -0.388 e. The van der Waals surface area contributed by atoms with Gasteiger partial charge < -0.3 is 5.11 Å². The molecular formula is C11H11FO. The van der Waals surface area contributed by atoms with Crippen molar-refractivity contribution < 1.29 is 9.50 Å². The van der Waals surface area contributed by atoms with E-state index in [1.807, 2.05) is 0 Å². The molecule has 0 saturated heterocycles. The lowest BCUT2D eigenvalue weighted by atomic mass is 10.0. The average molecular weight is 178 g/mol. The van der Waals surface area contributed by atoms with Crippen molar-refractivity contribution in [1.29, 1.82) is 0 Å². The van der Waals surface area contributed by atoms with E-state index in [0.717, 1.165) is 0 Å². The fourth-order valence-corrected chi connectivity index (χ4v) is 1.12. The first-order chi connectivity index (χ1) is 6.25. The minimum atomic E-state index is -0.794. The lowest BCUT2D eigenvalue weighted by Crippen LogP contribution is -1.99. The normalized spacial score (nSPS) is 12.1. The van der Waals surface area contributed by atoms with Crippen molar-refractivity contribution in [3.63, 3.8) is 0 Å². The maximum Gasteiger partial charge on any atom is 0.128 e. The van der Waals surface area contributed by atoms with Crippen LogP contribution in [-0.4, -0.2) is 5.11 Å². The van der Waals surface area contributed by atoms with Gasteiger partial charge in [0.1, 0.15) is 5.82 Å². The molecule has 0 aliphatic carbocycles. The number of halogens is 1. The van der Waals surface area contributed by atoms with E-state index in [4.69, 9.17) is 6.42 Å².